The van der Waals surface area contributed by atoms with E-state index in [2.05, 4.69) is 10.6 Å². The zero-order chi connectivity index (χ0) is 22.6. The van der Waals surface area contributed by atoms with E-state index in [1.165, 1.54) is 50.3 Å². The van der Waals surface area contributed by atoms with Crippen LogP contribution in [0.2, 0.25) is 0 Å². The van der Waals surface area contributed by atoms with Crippen LogP contribution in [0.4, 0.5) is 0 Å². The molecule has 0 unspecified atom stereocenters. The first-order valence-corrected chi connectivity index (χ1v) is 13.1. The van der Waals surface area contributed by atoms with Crippen LogP contribution in [0, 0.1) is 0 Å². The van der Waals surface area contributed by atoms with Crippen molar-refractivity contribution in [1.82, 2.24) is 10.6 Å². The minimum atomic E-state index is -0.534. The quantitative estimate of drug-likeness (QED) is 0.336. The first kappa shape index (κ1) is 24.6. The second kappa shape index (κ2) is 13.5. The average molecular weight is 461 g/mol. The molecular weight excluding hydrogens is 424 g/mol. The first-order chi connectivity index (χ1) is 15.6. The summed E-state index contributed by atoms with van der Waals surface area (Å²) in [5.74, 6) is -0.539. The van der Waals surface area contributed by atoms with E-state index in [0.29, 0.717) is 10.5 Å². The van der Waals surface area contributed by atoms with Crippen LogP contribution in [0.3, 0.4) is 0 Å². The maximum atomic E-state index is 12.6. The molecule has 0 atom stereocenters. The number of nitrogens with one attached hydrogen (secondary N) is 2. The Bertz CT molecular complexity index is 754. The summed E-state index contributed by atoms with van der Waals surface area (Å²) in [5.41, 5.74) is 0.391. The molecule has 0 aromatic heterocycles. The number of carbonyl (C=O) groups excluding carboxylic acids is 3. The average Bonchev–Trinajstić information content (AvgIpc) is 3.21. The molecule has 2 N–H and O–H groups in total. The standard InChI is InChI=1S/C25H36N2O4S/c28-23(26-19-11-5-1-2-6-12-19)17-31-25(30)21-15-9-10-16-22(21)32-18-24(29)27-20-13-7-3-4-8-14-20/h9-10,15-16,19-20H,1-8,11-14,17-18H2,(H,26,28)(H,27,29). The number of amides is 2. The third-order valence-corrected chi connectivity index (χ3v) is 7.31. The highest BCUT2D eigenvalue weighted by molar-refractivity contribution is 8.00. The fourth-order valence-corrected chi connectivity index (χ4v) is 5.35. The van der Waals surface area contributed by atoms with Gasteiger partial charge in [0.05, 0.1) is 11.3 Å². The highest BCUT2D eigenvalue weighted by atomic mass is 32.2. The van der Waals surface area contributed by atoms with E-state index in [9.17, 15) is 14.4 Å². The van der Waals surface area contributed by atoms with Crippen LogP contribution >= 0.6 is 11.8 Å². The molecule has 0 radical (unpaired) electrons. The molecule has 0 spiro atoms. The molecule has 2 aliphatic carbocycles. The van der Waals surface area contributed by atoms with Gasteiger partial charge in [-0.1, -0.05) is 63.5 Å². The summed E-state index contributed by atoms with van der Waals surface area (Å²) in [6.45, 7) is -0.281. The van der Waals surface area contributed by atoms with Gasteiger partial charge >= 0.3 is 5.97 Å². The molecule has 3 rings (SSSR count). The van der Waals surface area contributed by atoms with Crippen LogP contribution in [0.15, 0.2) is 29.2 Å². The number of ether oxygens (including phenoxy) is 1. The van der Waals surface area contributed by atoms with Crippen LogP contribution < -0.4 is 10.6 Å². The van der Waals surface area contributed by atoms with Crippen LogP contribution in [-0.4, -0.2) is 42.2 Å². The molecule has 32 heavy (non-hydrogen) atoms. The van der Waals surface area contributed by atoms with E-state index >= 15 is 0 Å². The summed E-state index contributed by atoms with van der Waals surface area (Å²) in [5, 5.41) is 6.12. The van der Waals surface area contributed by atoms with E-state index in [1.807, 2.05) is 12.1 Å². The number of hydrogen-bond acceptors (Lipinski definition) is 5. The third kappa shape index (κ3) is 8.49. The molecule has 0 saturated heterocycles. The fourth-order valence-electron chi connectivity index (χ4n) is 4.50. The van der Waals surface area contributed by atoms with E-state index in [4.69, 9.17) is 4.74 Å². The van der Waals surface area contributed by atoms with E-state index < -0.39 is 5.97 Å². The van der Waals surface area contributed by atoms with Gasteiger partial charge in [-0.2, -0.15) is 0 Å². The second-order valence-corrected chi connectivity index (χ2v) is 9.89. The summed E-state index contributed by atoms with van der Waals surface area (Å²) in [4.78, 5) is 37.9. The lowest BCUT2D eigenvalue weighted by Crippen LogP contribution is -2.37. The van der Waals surface area contributed by atoms with Gasteiger partial charge in [-0.15, -0.1) is 11.8 Å². The Balaban J connectivity index is 1.45. The predicted octanol–water partition coefficient (Wildman–Crippen LogP) is 4.61. The van der Waals surface area contributed by atoms with Gasteiger partial charge in [0.25, 0.3) is 5.91 Å². The van der Waals surface area contributed by atoms with Crippen molar-refractivity contribution in [3.05, 3.63) is 29.8 Å². The molecule has 2 fully saturated rings. The normalized spacial score (nSPS) is 18.2. The van der Waals surface area contributed by atoms with Crippen molar-refractivity contribution < 1.29 is 19.1 Å². The Hall–Kier alpha value is -2.02. The van der Waals surface area contributed by atoms with Gasteiger partial charge in [-0.3, -0.25) is 9.59 Å². The fraction of sp³-hybridized carbons (Fsp3) is 0.640. The summed E-state index contributed by atoms with van der Waals surface area (Å²) >= 11 is 1.33. The lowest BCUT2D eigenvalue weighted by atomic mass is 10.1. The summed E-state index contributed by atoms with van der Waals surface area (Å²) in [6.07, 6.45) is 13.6. The summed E-state index contributed by atoms with van der Waals surface area (Å²) < 4.78 is 5.28. The van der Waals surface area contributed by atoms with Crippen LogP contribution in [0.1, 0.15) is 87.4 Å². The van der Waals surface area contributed by atoms with Gasteiger partial charge in [-0.05, 0) is 37.8 Å². The predicted molar refractivity (Wildman–Crippen MR) is 127 cm³/mol. The number of esters is 1. The number of thioether (sulfide) groups is 1. The molecule has 2 amide bonds. The molecule has 176 valence electrons. The Morgan fingerprint density at radius 3 is 1.91 bits per heavy atom. The zero-order valence-electron chi connectivity index (χ0n) is 18.9. The van der Waals surface area contributed by atoms with Gasteiger partial charge in [0.2, 0.25) is 5.91 Å². The van der Waals surface area contributed by atoms with Crippen LogP contribution in [-0.2, 0) is 14.3 Å². The largest absolute Gasteiger partial charge is 0.452 e. The second-order valence-electron chi connectivity index (χ2n) is 8.87. The molecule has 1 aromatic carbocycles. The SMILES string of the molecule is O=C(COC(=O)c1ccccc1SCC(=O)NC1CCCCCC1)NC1CCCCCC1. The smallest absolute Gasteiger partial charge is 0.339 e. The monoisotopic (exact) mass is 460 g/mol. The molecule has 0 bridgehead atoms. The van der Waals surface area contributed by atoms with Crippen molar-refractivity contribution >= 4 is 29.5 Å². The Labute approximate surface area is 195 Å². The number of carbonyl (C=O) groups is 3. The van der Waals surface area contributed by atoms with Crippen molar-refractivity contribution in [2.75, 3.05) is 12.4 Å². The lowest BCUT2D eigenvalue weighted by Gasteiger charge is -2.17. The van der Waals surface area contributed by atoms with E-state index in [1.54, 1.807) is 12.1 Å². The molecule has 1 aromatic rings. The molecule has 2 saturated carbocycles. The van der Waals surface area contributed by atoms with E-state index in [-0.39, 0.29) is 36.3 Å². The summed E-state index contributed by atoms with van der Waals surface area (Å²) in [7, 11) is 0. The molecule has 6 nitrogen and oxygen atoms in total. The highest BCUT2D eigenvalue weighted by Crippen LogP contribution is 2.24. The first-order valence-electron chi connectivity index (χ1n) is 12.1. The van der Waals surface area contributed by atoms with Gasteiger partial charge < -0.3 is 15.4 Å². The van der Waals surface area contributed by atoms with Gasteiger partial charge in [0, 0.05) is 17.0 Å². The number of benzene rings is 1. The van der Waals surface area contributed by atoms with Crippen LogP contribution in [0.5, 0.6) is 0 Å². The third-order valence-electron chi connectivity index (χ3n) is 6.24. The minimum absolute atomic E-state index is 0.00662. The van der Waals surface area contributed by atoms with Crippen molar-refractivity contribution in [3.8, 4) is 0 Å². The van der Waals surface area contributed by atoms with Crippen LogP contribution in [0.25, 0.3) is 0 Å². The maximum absolute atomic E-state index is 12.6. The molecule has 0 heterocycles. The van der Waals surface area contributed by atoms with E-state index in [0.717, 1.165) is 38.5 Å². The maximum Gasteiger partial charge on any atom is 0.339 e. The molecule has 7 heteroatoms. The van der Waals surface area contributed by atoms with Crippen molar-refractivity contribution in [1.29, 1.82) is 0 Å². The van der Waals surface area contributed by atoms with Crippen molar-refractivity contribution in [2.24, 2.45) is 0 Å². The number of hydrogen-bond donors (Lipinski definition) is 2. The Morgan fingerprint density at radius 2 is 1.31 bits per heavy atom. The van der Waals surface area contributed by atoms with Gasteiger partial charge in [-0.25, -0.2) is 4.79 Å². The van der Waals surface area contributed by atoms with Gasteiger partial charge in [0.1, 0.15) is 0 Å². The molecule has 2 aliphatic rings. The number of rotatable bonds is 8. The van der Waals surface area contributed by atoms with Gasteiger partial charge in [0.15, 0.2) is 6.61 Å². The topological polar surface area (TPSA) is 84.5 Å². The summed E-state index contributed by atoms with van der Waals surface area (Å²) in [6, 6.07) is 7.53. The Morgan fingerprint density at radius 1 is 0.781 bits per heavy atom. The lowest BCUT2D eigenvalue weighted by molar-refractivity contribution is -0.125. The minimum Gasteiger partial charge on any atom is -0.452 e. The molecular formula is C25H36N2O4S. The zero-order valence-corrected chi connectivity index (χ0v) is 19.7. The Kier molecular flexibility index (Phi) is 10.4. The van der Waals surface area contributed by atoms with Crippen molar-refractivity contribution in [2.45, 2.75) is 94.0 Å². The highest BCUT2D eigenvalue weighted by Gasteiger charge is 2.19. The molecule has 0 aliphatic heterocycles. The van der Waals surface area contributed by atoms with Crippen molar-refractivity contribution in [3.63, 3.8) is 0 Å².